The molecule has 9 nitrogen and oxygen atoms in total. The fraction of sp³-hybridized carbons (Fsp3) is 0.360. The van der Waals surface area contributed by atoms with Crippen LogP contribution in [0.4, 0.5) is 0 Å². The third-order valence-electron chi connectivity index (χ3n) is 6.53. The molecular weight excluding hydrogens is 466 g/mol. The van der Waals surface area contributed by atoms with Gasteiger partial charge in [0.25, 0.3) is 0 Å². The Morgan fingerprint density at radius 2 is 1.97 bits per heavy atom. The Labute approximate surface area is 203 Å². The molecule has 0 saturated carbocycles. The van der Waals surface area contributed by atoms with E-state index in [-0.39, 0.29) is 29.0 Å². The summed E-state index contributed by atoms with van der Waals surface area (Å²) in [6, 6.07) is 5.07. The molecule has 1 amide bonds. The van der Waals surface area contributed by atoms with E-state index in [4.69, 9.17) is 4.74 Å². The van der Waals surface area contributed by atoms with E-state index < -0.39 is 9.84 Å². The maximum Gasteiger partial charge on any atom is 0.219 e. The number of H-pyrrole nitrogens is 1. The van der Waals surface area contributed by atoms with Gasteiger partial charge < -0.3 is 14.6 Å². The second-order valence-corrected chi connectivity index (χ2v) is 11.1. The van der Waals surface area contributed by atoms with Gasteiger partial charge in [-0.15, -0.1) is 0 Å². The van der Waals surface area contributed by atoms with Crippen LogP contribution < -0.4 is 15.3 Å². The average molecular weight is 494 g/mol. The van der Waals surface area contributed by atoms with Crippen LogP contribution in [-0.4, -0.2) is 64.1 Å². The van der Waals surface area contributed by atoms with Gasteiger partial charge in [0.15, 0.2) is 14.9 Å². The van der Waals surface area contributed by atoms with Crippen molar-refractivity contribution in [1.82, 2.24) is 24.8 Å². The van der Waals surface area contributed by atoms with E-state index in [1.54, 1.807) is 25.4 Å². The lowest BCUT2D eigenvalue weighted by Crippen LogP contribution is -2.47. The molecule has 1 aliphatic heterocycles. The zero-order chi connectivity index (χ0) is 24.7. The van der Waals surface area contributed by atoms with Crippen molar-refractivity contribution < 1.29 is 17.9 Å². The number of aromatic nitrogens is 4. The average Bonchev–Trinajstić information content (AvgIpc) is 3.46. The summed E-state index contributed by atoms with van der Waals surface area (Å²) in [7, 11) is -3.40. The van der Waals surface area contributed by atoms with E-state index in [1.807, 2.05) is 24.0 Å². The molecule has 0 bridgehead atoms. The Bertz CT molecular complexity index is 1480. The highest BCUT2D eigenvalue weighted by Gasteiger charge is 2.38. The number of nitrogens with one attached hydrogen (secondary N) is 1. The summed E-state index contributed by atoms with van der Waals surface area (Å²) >= 11 is 0. The number of carbonyl (C=O) groups excluding carboxylic acids is 1. The van der Waals surface area contributed by atoms with Crippen molar-refractivity contribution in [3.63, 3.8) is 0 Å². The number of nitrogens with zero attached hydrogens (tertiary/aromatic N) is 4. The number of hydrogen-bond acceptors (Lipinski definition) is 7. The molecule has 3 atom stereocenters. The first-order chi connectivity index (χ1) is 16.7. The molecule has 10 heteroatoms. The van der Waals surface area contributed by atoms with Crippen LogP contribution in [0.25, 0.3) is 23.5 Å². The van der Waals surface area contributed by atoms with E-state index >= 15 is 0 Å². The highest BCUT2D eigenvalue weighted by Crippen LogP contribution is 2.31. The van der Waals surface area contributed by atoms with Crippen molar-refractivity contribution in [1.29, 1.82) is 0 Å². The fourth-order valence-corrected chi connectivity index (χ4v) is 5.41. The number of pyridine rings is 1. The topological polar surface area (TPSA) is 118 Å². The number of fused-ring (bicyclic) bond motifs is 1. The van der Waals surface area contributed by atoms with Gasteiger partial charge >= 0.3 is 0 Å². The molecule has 182 valence electrons. The van der Waals surface area contributed by atoms with Crippen LogP contribution in [0.5, 0.6) is 5.75 Å². The standard InChI is InChI=1S/C25H27N5O4S/c1-15-12-27-22(14-26-15)21-9-17-10-24(34-18-6-7-25(28-13-18)35(3,32)33)19(11-20(17)29-21)23-5-4-8-30(23)16(2)31/h6-7,9-14,19,23-24,29H,4-5,8H2,1-3H3/t19?,23-,24?/m1/s1. The van der Waals surface area contributed by atoms with E-state index in [0.717, 1.165) is 53.3 Å². The van der Waals surface area contributed by atoms with Gasteiger partial charge in [-0.3, -0.25) is 14.8 Å². The highest BCUT2D eigenvalue weighted by atomic mass is 32.2. The van der Waals surface area contributed by atoms with Crippen molar-refractivity contribution in [2.45, 2.75) is 43.9 Å². The zero-order valence-electron chi connectivity index (χ0n) is 19.8. The Balaban J connectivity index is 1.54. The van der Waals surface area contributed by atoms with E-state index in [1.165, 1.54) is 12.3 Å². The van der Waals surface area contributed by atoms with E-state index in [0.29, 0.717) is 5.75 Å². The van der Waals surface area contributed by atoms with Crippen LogP contribution >= 0.6 is 0 Å². The SMILES string of the molecule is CC(=O)N1CCC[C@@H]1C1C=c2[nH]c(-c3cnc(C)cn3)cc2=CC1Oc1ccc(S(C)(=O)=O)nc1. The lowest BCUT2D eigenvalue weighted by Gasteiger charge is -2.34. The lowest BCUT2D eigenvalue weighted by atomic mass is 9.88. The molecule has 0 aromatic carbocycles. The number of sulfone groups is 1. The molecule has 1 aliphatic carbocycles. The third kappa shape index (κ3) is 4.70. The Morgan fingerprint density at radius 3 is 2.63 bits per heavy atom. The summed E-state index contributed by atoms with van der Waals surface area (Å²) in [5, 5.41) is 1.92. The summed E-state index contributed by atoms with van der Waals surface area (Å²) in [6.07, 6.45) is 11.6. The van der Waals surface area contributed by atoms with Gasteiger partial charge in [0.2, 0.25) is 5.91 Å². The van der Waals surface area contributed by atoms with Crippen LogP contribution in [0.2, 0.25) is 0 Å². The maximum atomic E-state index is 12.3. The second-order valence-electron chi connectivity index (χ2n) is 9.11. The predicted octanol–water partition coefficient (Wildman–Crippen LogP) is 1.23. The Kier molecular flexibility index (Phi) is 5.92. The summed E-state index contributed by atoms with van der Waals surface area (Å²) < 4.78 is 29.9. The van der Waals surface area contributed by atoms with Crippen LogP contribution in [-0.2, 0) is 14.6 Å². The number of aryl methyl sites for hydroxylation is 1. The smallest absolute Gasteiger partial charge is 0.219 e. The van der Waals surface area contributed by atoms with Gasteiger partial charge in [-0.05, 0) is 49.3 Å². The molecule has 1 fully saturated rings. The molecule has 2 unspecified atom stereocenters. The largest absolute Gasteiger partial charge is 0.484 e. The van der Waals surface area contributed by atoms with Gasteiger partial charge in [-0.25, -0.2) is 13.4 Å². The normalized spacial score (nSPS) is 21.7. The Morgan fingerprint density at radius 1 is 1.14 bits per heavy atom. The first-order valence-electron chi connectivity index (χ1n) is 11.5. The number of carbonyl (C=O) groups is 1. The fourth-order valence-electron chi connectivity index (χ4n) is 4.85. The van der Waals surface area contributed by atoms with Gasteiger partial charge in [-0.1, -0.05) is 6.08 Å². The molecule has 1 N–H and O–H groups in total. The summed E-state index contributed by atoms with van der Waals surface area (Å²) in [5.74, 6) is 0.416. The third-order valence-corrected chi connectivity index (χ3v) is 7.53. The van der Waals surface area contributed by atoms with Gasteiger partial charge in [-0.2, -0.15) is 0 Å². The molecule has 3 aromatic rings. The van der Waals surface area contributed by atoms with Crippen molar-refractivity contribution in [2.75, 3.05) is 12.8 Å². The van der Waals surface area contributed by atoms with Crippen LogP contribution in [0, 0.1) is 12.8 Å². The summed E-state index contributed by atoms with van der Waals surface area (Å²) in [5.41, 5.74) is 2.44. The monoisotopic (exact) mass is 493 g/mol. The molecule has 0 spiro atoms. The van der Waals surface area contributed by atoms with E-state index in [2.05, 4.69) is 26.0 Å². The van der Waals surface area contributed by atoms with Gasteiger partial charge in [0.1, 0.15) is 17.5 Å². The summed E-state index contributed by atoms with van der Waals surface area (Å²) in [4.78, 5) is 30.6. The molecule has 4 heterocycles. The first-order valence-corrected chi connectivity index (χ1v) is 13.4. The number of amides is 1. The zero-order valence-corrected chi connectivity index (χ0v) is 20.6. The molecular formula is C25H27N5O4S. The van der Waals surface area contributed by atoms with E-state index in [9.17, 15) is 13.2 Å². The Hall–Kier alpha value is -3.53. The molecule has 2 aliphatic rings. The number of ether oxygens (including phenoxy) is 1. The molecule has 3 aromatic heterocycles. The number of hydrogen-bond donors (Lipinski definition) is 1. The minimum atomic E-state index is -3.40. The van der Waals surface area contributed by atoms with Crippen LogP contribution in [0.3, 0.4) is 0 Å². The van der Waals surface area contributed by atoms with Gasteiger partial charge in [0, 0.05) is 43.2 Å². The highest BCUT2D eigenvalue weighted by molar-refractivity contribution is 7.90. The molecule has 35 heavy (non-hydrogen) atoms. The maximum absolute atomic E-state index is 12.3. The molecule has 1 saturated heterocycles. The lowest BCUT2D eigenvalue weighted by molar-refractivity contribution is -0.130. The quantitative estimate of drug-likeness (QED) is 0.568. The number of rotatable bonds is 5. The molecule has 0 radical (unpaired) electrons. The minimum absolute atomic E-state index is 0.00364. The van der Waals surface area contributed by atoms with Crippen molar-refractivity contribution in [3.05, 3.63) is 53.1 Å². The number of likely N-dealkylation sites (tertiary alicyclic amines) is 1. The van der Waals surface area contributed by atoms with Crippen molar-refractivity contribution in [2.24, 2.45) is 5.92 Å². The molecule has 5 rings (SSSR count). The second kappa shape index (κ2) is 8.92. The predicted molar refractivity (Wildman–Crippen MR) is 130 cm³/mol. The number of aromatic amines is 1. The van der Waals surface area contributed by atoms with Crippen molar-refractivity contribution >= 4 is 27.9 Å². The minimum Gasteiger partial charge on any atom is -0.484 e. The van der Waals surface area contributed by atoms with Gasteiger partial charge in [0.05, 0.1) is 23.8 Å². The van der Waals surface area contributed by atoms with Crippen LogP contribution in [0.15, 0.2) is 41.8 Å². The first kappa shape index (κ1) is 23.2. The summed E-state index contributed by atoms with van der Waals surface area (Å²) in [6.45, 7) is 4.22. The van der Waals surface area contributed by atoms with Crippen LogP contribution in [0.1, 0.15) is 25.5 Å². The van der Waals surface area contributed by atoms with Crippen molar-refractivity contribution in [3.8, 4) is 17.1 Å².